The number of fused-ring (bicyclic) bond motifs is 1. The number of ether oxygens (including phenoxy) is 1. The topological polar surface area (TPSA) is 58.6 Å². The molecule has 0 fully saturated rings. The normalized spacial score (nSPS) is 15.7. The van der Waals surface area contributed by atoms with Gasteiger partial charge in [0.1, 0.15) is 0 Å². The zero-order valence-electron chi connectivity index (χ0n) is 10.8. The number of aliphatic hydroxyl groups is 1. The summed E-state index contributed by atoms with van der Waals surface area (Å²) in [6.45, 7) is 1.55. The first-order chi connectivity index (χ1) is 9.74. The predicted octanol–water partition coefficient (Wildman–Crippen LogP) is 2.35. The van der Waals surface area contributed by atoms with Crippen molar-refractivity contribution in [2.45, 2.75) is 19.1 Å². The monoisotopic (exact) mass is 309 g/mol. The Morgan fingerprint density at radius 1 is 1.55 bits per heavy atom. The molecule has 0 radical (unpaired) electrons. The van der Waals surface area contributed by atoms with Gasteiger partial charge in [-0.3, -0.25) is 4.79 Å². The van der Waals surface area contributed by atoms with Gasteiger partial charge in [0.05, 0.1) is 24.2 Å². The summed E-state index contributed by atoms with van der Waals surface area (Å²) < 4.78 is 5.37. The minimum absolute atomic E-state index is 0.126. The molecule has 4 nitrogen and oxygen atoms in total. The van der Waals surface area contributed by atoms with Crippen LogP contribution in [-0.2, 0) is 17.8 Å². The van der Waals surface area contributed by atoms with E-state index in [1.807, 2.05) is 22.9 Å². The SMILES string of the molecule is O=C(NCC(O)c1ccsc1)c1cc2c(s1)CCOC2. The molecule has 6 heteroatoms. The quantitative estimate of drug-likeness (QED) is 0.911. The lowest BCUT2D eigenvalue weighted by atomic mass is 10.2. The van der Waals surface area contributed by atoms with Crippen LogP contribution in [0.15, 0.2) is 22.9 Å². The van der Waals surface area contributed by atoms with E-state index in [9.17, 15) is 9.90 Å². The number of carbonyl (C=O) groups excluding carboxylic acids is 1. The minimum atomic E-state index is -0.650. The number of thiophene rings is 2. The van der Waals surface area contributed by atoms with Gasteiger partial charge in [-0.15, -0.1) is 11.3 Å². The van der Waals surface area contributed by atoms with Gasteiger partial charge in [0.25, 0.3) is 5.91 Å². The summed E-state index contributed by atoms with van der Waals surface area (Å²) >= 11 is 3.05. The lowest BCUT2D eigenvalue weighted by Gasteiger charge is -2.10. The van der Waals surface area contributed by atoms with Crippen LogP contribution in [0.4, 0.5) is 0 Å². The van der Waals surface area contributed by atoms with Crippen molar-refractivity contribution in [3.05, 3.63) is 43.8 Å². The molecule has 0 aliphatic carbocycles. The van der Waals surface area contributed by atoms with E-state index in [1.165, 1.54) is 27.6 Å². The standard InChI is InChI=1S/C14H15NO3S2/c16-11(9-2-4-19-8-9)6-15-14(17)13-5-10-7-18-3-1-12(10)20-13/h2,4-5,8,11,16H,1,3,6-7H2,(H,15,17). The molecular weight excluding hydrogens is 294 g/mol. The van der Waals surface area contributed by atoms with Crippen LogP contribution in [0.25, 0.3) is 0 Å². The summed E-state index contributed by atoms with van der Waals surface area (Å²) in [5.41, 5.74) is 1.96. The summed E-state index contributed by atoms with van der Waals surface area (Å²) in [5.74, 6) is -0.126. The zero-order valence-corrected chi connectivity index (χ0v) is 12.4. The number of carbonyl (C=O) groups is 1. The summed E-state index contributed by atoms with van der Waals surface area (Å²) in [7, 11) is 0. The summed E-state index contributed by atoms with van der Waals surface area (Å²) in [5, 5.41) is 16.5. The number of rotatable bonds is 4. The first kappa shape index (κ1) is 13.8. The van der Waals surface area contributed by atoms with Crippen molar-refractivity contribution in [3.8, 4) is 0 Å². The largest absolute Gasteiger partial charge is 0.387 e. The highest BCUT2D eigenvalue weighted by Gasteiger charge is 2.18. The third-order valence-electron chi connectivity index (χ3n) is 3.24. The van der Waals surface area contributed by atoms with Crippen molar-refractivity contribution in [1.29, 1.82) is 0 Å². The van der Waals surface area contributed by atoms with E-state index in [-0.39, 0.29) is 12.5 Å². The van der Waals surface area contributed by atoms with Crippen molar-refractivity contribution in [1.82, 2.24) is 5.32 Å². The van der Waals surface area contributed by atoms with E-state index in [4.69, 9.17) is 4.74 Å². The van der Waals surface area contributed by atoms with Gasteiger partial charge in [-0.1, -0.05) is 0 Å². The first-order valence-corrected chi connectivity index (χ1v) is 8.17. The lowest BCUT2D eigenvalue weighted by Crippen LogP contribution is -2.27. The molecule has 2 N–H and O–H groups in total. The number of hydrogen-bond donors (Lipinski definition) is 2. The van der Waals surface area contributed by atoms with Crippen molar-refractivity contribution >= 4 is 28.6 Å². The molecule has 1 aliphatic heterocycles. The second-order valence-electron chi connectivity index (χ2n) is 4.64. The van der Waals surface area contributed by atoms with Crippen molar-refractivity contribution in [2.24, 2.45) is 0 Å². The second kappa shape index (κ2) is 6.05. The van der Waals surface area contributed by atoms with Crippen molar-refractivity contribution in [3.63, 3.8) is 0 Å². The van der Waals surface area contributed by atoms with Crippen molar-refractivity contribution in [2.75, 3.05) is 13.2 Å². The zero-order chi connectivity index (χ0) is 13.9. The van der Waals surface area contributed by atoms with E-state index in [0.717, 1.165) is 24.2 Å². The van der Waals surface area contributed by atoms with Crippen LogP contribution in [0.3, 0.4) is 0 Å². The molecule has 3 rings (SSSR count). The Kier molecular flexibility index (Phi) is 4.16. The Balaban J connectivity index is 1.60. The van der Waals surface area contributed by atoms with Crippen LogP contribution in [0.5, 0.6) is 0 Å². The van der Waals surface area contributed by atoms with E-state index >= 15 is 0 Å². The number of amides is 1. The van der Waals surface area contributed by atoms with Crippen LogP contribution >= 0.6 is 22.7 Å². The minimum Gasteiger partial charge on any atom is -0.387 e. The molecule has 3 heterocycles. The van der Waals surface area contributed by atoms with Gasteiger partial charge in [0.15, 0.2) is 0 Å². The second-order valence-corrected chi connectivity index (χ2v) is 6.56. The molecule has 0 bridgehead atoms. The Labute approximate surface area is 125 Å². The fraction of sp³-hybridized carbons (Fsp3) is 0.357. The van der Waals surface area contributed by atoms with E-state index in [0.29, 0.717) is 11.5 Å². The van der Waals surface area contributed by atoms with Crippen LogP contribution in [-0.4, -0.2) is 24.2 Å². The third kappa shape index (κ3) is 2.93. The van der Waals surface area contributed by atoms with Gasteiger partial charge in [0.2, 0.25) is 0 Å². The molecule has 0 saturated carbocycles. The van der Waals surface area contributed by atoms with Gasteiger partial charge in [-0.2, -0.15) is 11.3 Å². The lowest BCUT2D eigenvalue weighted by molar-refractivity contribution is 0.0920. The van der Waals surface area contributed by atoms with Crippen LogP contribution in [0.2, 0.25) is 0 Å². The Morgan fingerprint density at radius 2 is 2.45 bits per heavy atom. The van der Waals surface area contributed by atoms with Gasteiger partial charge < -0.3 is 15.2 Å². The Bertz CT molecular complexity index is 568. The fourth-order valence-electron chi connectivity index (χ4n) is 2.12. The van der Waals surface area contributed by atoms with E-state index < -0.39 is 6.10 Å². The molecule has 0 saturated heterocycles. The van der Waals surface area contributed by atoms with Gasteiger partial charge >= 0.3 is 0 Å². The van der Waals surface area contributed by atoms with E-state index in [1.54, 1.807) is 0 Å². The molecule has 1 amide bonds. The average molecular weight is 309 g/mol. The maximum atomic E-state index is 12.1. The van der Waals surface area contributed by atoms with Gasteiger partial charge in [0, 0.05) is 17.8 Å². The molecule has 2 aromatic rings. The number of hydrogen-bond acceptors (Lipinski definition) is 5. The fourth-order valence-corrected chi connectivity index (χ4v) is 3.89. The molecule has 1 atom stereocenters. The maximum absolute atomic E-state index is 12.1. The highest BCUT2D eigenvalue weighted by molar-refractivity contribution is 7.14. The average Bonchev–Trinajstić information content (AvgIpc) is 3.12. The summed E-state index contributed by atoms with van der Waals surface area (Å²) in [6, 6.07) is 3.76. The van der Waals surface area contributed by atoms with Crippen LogP contribution in [0.1, 0.15) is 31.8 Å². The third-order valence-corrected chi connectivity index (χ3v) is 5.17. The smallest absolute Gasteiger partial charge is 0.261 e. The molecule has 20 heavy (non-hydrogen) atoms. The predicted molar refractivity (Wildman–Crippen MR) is 79.3 cm³/mol. The Morgan fingerprint density at radius 3 is 3.20 bits per heavy atom. The van der Waals surface area contributed by atoms with E-state index in [2.05, 4.69) is 5.32 Å². The maximum Gasteiger partial charge on any atom is 0.261 e. The van der Waals surface area contributed by atoms with Gasteiger partial charge in [-0.25, -0.2) is 0 Å². The van der Waals surface area contributed by atoms with Gasteiger partial charge in [-0.05, 0) is 34.0 Å². The van der Waals surface area contributed by atoms with Crippen LogP contribution in [0, 0.1) is 0 Å². The number of nitrogens with one attached hydrogen (secondary N) is 1. The number of aliphatic hydroxyl groups excluding tert-OH is 1. The molecule has 1 aliphatic rings. The summed E-state index contributed by atoms with van der Waals surface area (Å²) in [6.07, 6.45) is 0.230. The van der Waals surface area contributed by atoms with Crippen molar-refractivity contribution < 1.29 is 14.6 Å². The first-order valence-electron chi connectivity index (χ1n) is 6.41. The molecule has 0 spiro atoms. The molecule has 0 aromatic carbocycles. The molecule has 1 unspecified atom stereocenters. The molecule has 106 valence electrons. The van der Waals surface area contributed by atoms with Crippen LogP contribution < -0.4 is 5.32 Å². The molecular formula is C14H15NO3S2. The highest BCUT2D eigenvalue weighted by Crippen LogP contribution is 2.27. The molecule has 2 aromatic heterocycles. The Hall–Kier alpha value is -1.21. The highest BCUT2D eigenvalue weighted by atomic mass is 32.1. The summed E-state index contributed by atoms with van der Waals surface area (Å²) in [4.78, 5) is 14.0.